The molecule has 1 rings (SSSR count). The Labute approximate surface area is 104 Å². The number of ether oxygens (including phenoxy) is 1. The van der Waals surface area contributed by atoms with Crippen molar-refractivity contribution in [1.29, 1.82) is 0 Å². The van der Waals surface area contributed by atoms with Gasteiger partial charge >= 0.3 is 5.97 Å². The number of esters is 1. The van der Waals surface area contributed by atoms with E-state index in [0.717, 1.165) is 0 Å². The molecule has 1 aromatic heterocycles. The number of aryl methyl sites for hydroxylation is 1. The highest BCUT2D eigenvalue weighted by atomic mass is 32.2. The van der Waals surface area contributed by atoms with Crippen LogP contribution in [0.1, 0.15) is 26.2 Å². The summed E-state index contributed by atoms with van der Waals surface area (Å²) in [6.07, 6.45) is 0.484. The van der Waals surface area contributed by atoms with Gasteiger partial charge in [-0.2, -0.15) is 0 Å². The number of thioether (sulfide) groups is 1. The van der Waals surface area contributed by atoms with Gasteiger partial charge in [0.1, 0.15) is 5.54 Å². The Morgan fingerprint density at radius 3 is 2.82 bits per heavy atom. The molecule has 2 N–H and O–H groups in total. The molecule has 0 aliphatic carbocycles. The Kier molecular flexibility index (Phi) is 4.95. The van der Waals surface area contributed by atoms with Crippen LogP contribution in [0.25, 0.3) is 0 Å². The number of carbonyl (C=O) groups is 1. The van der Waals surface area contributed by atoms with Crippen LogP contribution in [0.4, 0.5) is 0 Å². The van der Waals surface area contributed by atoms with E-state index < -0.39 is 5.54 Å². The van der Waals surface area contributed by atoms with E-state index in [-0.39, 0.29) is 5.97 Å². The van der Waals surface area contributed by atoms with Gasteiger partial charge in [0.05, 0.1) is 6.61 Å². The molecule has 1 atom stereocenters. The first-order chi connectivity index (χ1) is 7.95. The first kappa shape index (κ1) is 14.0. The molecule has 0 spiro atoms. The minimum Gasteiger partial charge on any atom is -0.465 e. The summed E-state index contributed by atoms with van der Waals surface area (Å²) in [4.78, 5) is 11.5. The van der Waals surface area contributed by atoms with Crippen molar-refractivity contribution in [2.75, 3.05) is 12.4 Å². The molecule has 7 heteroatoms. The maximum Gasteiger partial charge on any atom is 0.325 e. The second kappa shape index (κ2) is 6.02. The van der Waals surface area contributed by atoms with Crippen molar-refractivity contribution in [3.8, 4) is 0 Å². The van der Waals surface area contributed by atoms with Crippen LogP contribution in [0.5, 0.6) is 0 Å². The van der Waals surface area contributed by atoms with Gasteiger partial charge in [-0.3, -0.25) is 4.79 Å². The molecule has 0 aliphatic rings. The lowest BCUT2D eigenvalue weighted by atomic mass is 10.0. The van der Waals surface area contributed by atoms with Gasteiger partial charge in [-0.25, -0.2) is 0 Å². The first-order valence-electron chi connectivity index (χ1n) is 5.34. The van der Waals surface area contributed by atoms with Crippen molar-refractivity contribution < 1.29 is 13.9 Å². The average molecular weight is 259 g/mol. The zero-order chi connectivity index (χ0) is 12.9. The Balaban J connectivity index is 2.37. The number of aromatic nitrogens is 2. The average Bonchev–Trinajstić information content (AvgIpc) is 2.64. The maximum atomic E-state index is 11.5. The van der Waals surface area contributed by atoms with Crippen molar-refractivity contribution in [2.45, 2.75) is 38.0 Å². The second-order valence-corrected chi connectivity index (χ2v) is 4.87. The minimum atomic E-state index is -0.974. The van der Waals surface area contributed by atoms with Gasteiger partial charge in [-0.1, -0.05) is 11.8 Å². The maximum absolute atomic E-state index is 11.5. The predicted octanol–water partition coefficient (Wildman–Crippen LogP) is 1.14. The highest BCUT2D eigenvalue weighted by Crippen LogP contribution is 2.20. The lowest BCUT2D eigenvalue weighted by Gasteiger charge is -2.21. The van der Waals surface area contributed by atoms with E-state index in [4.69, 9.17) is 14.9 Å². The largest absolute Gasteiger partial charge is 0.465 e. The molecule has 17 heavy (non-hydrogen) atoms. The van der Waals surface area contributed by atoms with Crippen LogP contribution in [0, 0.1) is 6.92 Å². The van der Waals surface area contributed by atoms with Gasteiger partial charge in [0, 0.05) is 12.7 Å². The van der Waals surface area contributed by atoms with E-state index in [1.807, 2.05) is 0 Å². The number of nitrogens with two attached hydrogens (primary N) is 1. The normalized spacial score (nSPS) is 14.4. The summed E-state index contributed by atoms with van der Waals surface area (Å²) in [5.74, 6) is 0.753. The predicted molar refractivity (Wildman–Crippen MR) is 63.6 cm³/mol. The van der Waals surface area contributed by atoms with Crippen molar-refractivity contribution >= 4 is 17.7 Å². The lowest BCUT2D eigenvalue weighted by molar-refractivity contribution is -0.149. The van der Waals surface area contributed by atoms with Crippen LogP contribution in [0.2, 0.25) is 0 Å². The van der Waals surface area contributed by atoms with E-state index in [2.05, 4.69) is 10.2 Å². The highest BCUT2D eigenvalue weighted by Gasteiger charge is 2.29. The van der Waals surface area contributed by atoms with Gasteiger partial charge in [-0.15, -0.1) is 10.2 Å². The second-order valence-electron chi connectivity index (χ2n) is 3.82. The summed E-state index contributed by atoms with van der Waals surface area (Å²) in [7, 11) is 0. The molecule has 96 valence electrons. The van der Waals surface area contributed by atoms with Crippen LogP contribution in [-0.2, 0) is 9.53 Å². The molecule has 1 unspecified atom stereocenters. The van der Waals surface area contributed by atoms with Crippen LogP contribution >= 0.6 is 11.8 Å². The monoisotopic (exact) mass is 259 g/mol. The standard InChI is InChI=1S/C10H17N3O3S/c1-4-15-8(14)10(3,11)5-6-17-9-13-12-7(2)16-9/h4-6,11H2,1-3H3. The molecule has 0 fully saturated rings. The topological polar surface area (TPSA) is 91.2 Å². The third-order valence-electron chi connectivity index (χ3n) is 2.10. The molecule has 0 radical (unpaired) electrons. The molecule has 0 bridgehead atoms. The van der Waals surface area contributed by atoms with Gasteiger partial charge in [0.25, 0.3) is 5.22 Å². The van der Waals surface area contributed by atoms with Crippen LogP contribution < -0.4 is 5.73 Å². The fourth-order valence-electron chi connectivity index (χ4n) is 1.09. The lowest BCUT2D eigenvalue weighted by Crippen LogP contribution is -2.46. The molecule has 1 heterocycles. The number of hydrogen-bond acceptors (Lipinski definition) is 7. The summed E-state index contributed by atoms with van der Waals surface area (Å²) < 4.78 is 10.1. The van der Waals surface area contributed by atoms with Crippen molar-refractivity contribution in [2.24, 2.45) is 5.73 Å². The van der Waals surface area contributed by atoms with Gasteiger partial charge in [0.2, 0.25) is 5.89 Å². The SMILES string of the molecule is CCOC(=O)C(C)(N)CCSc1nnc(C)o1. The van der Waals surface area contributed by atoms with Crippen molar-refractivity contribution in [3.63, 3.8) is 0 Å². The summed E-state index contributed by atoms with van der Waals surface area (Å²) in [5, 5.41) is 8.03. The Morgan fingerprint density at radius 2 is 2.29 bits per heavy atom. The van der Waals surface area contributed by atoms with E-state index in [9.17, 15) is 4.79 Å². The molecule has 6 nitrogen and oxygen atoms in total. The molecule has 0 saturated carbocycles. The summed E-state index contributed by atoms with van der Waals surface area (Å²) in [5.41, 5.74) is 4.89. The minimum absolute atomic E-state index is 0.335. The van der Waals surface area contributed by atoms with E-state index in [0.29, 0.717) is 29.9 Å². The molecule has 0 saturated heterocycles. The van der Waals surface area contributed by atoms with E-state index in [1.165, 1.54) is 11.8 Å². The van der Waals surface area contributed by atoms with Crippen LogP contribution in [0.3, 0.4) is 0 Å². The summed E-state index contributed by atoms with van der Waals surface area (Å²) in [6.45, 7) is 5.47. The van der Waals surface area contributed by atoms with E-state index >= 15 is 0 Å². The third-order valence-corrected chi connectivity index (χ3v) is 2.92. The molecule has 0 aromatic carbocycles. The molecule has 0 aliphatic heterocycles. The van der Waals surface area contributed by atoms with E-state index in [1.54, 1.807) is 20.8 Å². The first-order valence-corrected chi connectivity index (χ1v) is 6.33. The van der Waals surface area contributed by atoms with Crippen molar-refractivity contribution in [3.05, 3.63) is 5.89 Å². The van der Waals surface area contributed by atoms with Gasteiger partial charge in [-0.05, 0) is 20.3 Å². The third kappa shape index (κ3) is 4.35. The summed E-state index contributed by atoms with van der Waals surface area (Å²) in [6, 6.07) is 0. The van der Waals surface area contributed by atoms with Crippen LogP contribution in [-0.4, -0.2) is 34.1 Å². The quantitative estimate of drug-likeness (QED) is 0.605. The smallest absolute Gasteiger partial charge is 0.325 e. The van der Waals surface area contributed by atoms with Crippen LogP contribution in [0.15, 0.2) is 9.64 Å². The number of hydrogen-bond donors (Lipinski definition) is 1. The molecule has 1 aromatic rings. The fraction of sp³-hybridized carbons (Fsp3) is 0.700. The van der Waals surface area contributed by atoms with Crippen molar-refractivity contribution in [1.82, 2.24) is 10.2 Å². The Morgan fingerprint density at radius 1 is 1.59 bits per heavy atom. The molecular formula is C10H17N3O3S. The Hall–Kier alpha value is -1.08. The number of rotatable bonds is 6. The molecule has 0 amide bonds. The van der Waals surface area contributed by atoms with Gasteiger partial charge in [0.15, 0.2) is 0 Å². The zero-order valence-corrected chi connectivity index (χ0v) is 11.0. The molecular weight excluding hydrogens is 242 g/mol. The summed E-state index contributed by atoms with van der Waals surface area (Å²) >= 11 is 1.38. The van der Waals surface area contributed by atoms with Gasteiger partial charge < -0.3 is 14.9 Å². The number of nitrogens with zero attached hydrogens (tertiary/aromatic N) is 2. The highest BCUT2D eigenvalue weighted by molar-refractivity contribution is 7.99. The zero-order valence-electron chi connectivity index (χ0n) is 10.2. The Bertz CT molecular complexity index is 379. The fourth-order valence-corrected chi connectivity index (χ4v) is 2.06. The number of carbonyl (C=O) groups excluding carboxylic acids is 1.